The van der Waals surface area contributed by atoms with Crippen molar-refractivity contribution in [1.82, 2.24) is 25.0 Å². The van der Waals surface area contributed by atoms with Crippen LogP contribution in [0.3, 0.4) is 0 Å². The first-order valence-corrected chi connectivity index (χ1v) is 12.4. The Morgan fingerprint density at radius 3 is 2.61 bits per heavy atom. The molecule has 2 aromatic heterocycles. The number of nitrogen functional groups attached to an aromatic ring is 1. The van der Waals surface area contributed by atoms with Gasteiger partial charge in [0, 0.05) is 31.5 Å². The van der Waals surface area contributed by atoms with Gasteiger partial charge in [0.05, 0.1) is 23.8 Å². The summed E-state index contributed by atoms with van der Waals surface area (Å²) >= 11 is 0. The number of urea groups is 1. The standard InChI is InChI=1S/C27H32FN7O3/c1-6-22(19-9-15(2)7-8-21(19)28)32-27(38)35-24(26(37)34(5)18-13-30-33(4)14-18)20(25(35)36)11-17-10-16(3)31-23(29)12-17/h7-10,12-14,20,22,24H,6,11H2,1-5H3,(H2,29,31)(H,32,38)/t20-,22?,24+/m1/s1. The second-order valence-electron chi connectivity index (χ2n) is 9.71. The molecule has 3 aromatic rings. The van der Waals surface area contributed by atoms with Crippen LogP contribution in [-0.2, 0) is 23.1 Å². The number of benzene rings is 1. The van der Waals surface area contributed by atoms with E-state index in [1.165, 1.54) is 17.2 Å². The Kier molecular flexibility index (Phi) is 7.47. The van der Waals surface area contributed by atoms with Crippen molar-refractivity contribution in [2.75, 3.05) is 17.7 Å². The molecule has 38 heavy (non-hydrogen) atoms. The van der Waals surface area contributed by atoms with E-state index in [0.717, 1.165) is 16.0 Å². The molecule has 0 saturated carbocycles. The van der Waals surface area contributed by atoms with Gasteiger partial charge < -0.3 is 16.0 Å². The summed E-state index contributed by atoms with van der Waals surface area (Å²) in [5, 5.41) is 6.87. The Hall–Kier alpha value is -4.28. The SMILES string of the molecule is CCC(NC(=O)N1C(=O)[C@H](Cc2cc(C)nc(N)c2)[C@H]1C(=O)N(C)c1cnn(C)c1)c1cc(C)ccc1F. The number of halogens is 1. The van der Waals surface area contributed by atoms with Gasteiger partial charge >= 0.3 is 6.03 Å². The predicted octanol–water partition coefficient (Wildman–Crippen LogP) is 3.05. The fourth-order valence-corrected chi connectivity index (χ4v) is 4.85. The van der Waals surface area contributed by atoms with E-state index in [9.17, 15) is 18.8 Å². The first-order chi connectivity index (χ1) is 18.0. The van der Waals surface area contributed by atoms with Gasteiger partial charge in [-0.15, -0.1) is 0 Å². The number of nitrogens with two attached hydrogens (primary N) is 1. The Balaban J connectivity index is 1.63. The molecular weight excluding hydrogens is 489 g/mol. The first kappa shape index (κ1) is 26.8. The molecule has 10 nitrogen and oxygen atoms in total. The molecule has 1 unspecified atom stereocenters. The third kappa shape index (κ3) is 5.22. The molecule has 1 fully saturated rings. The van der Waals surface area contributed by atoms with E-state index in [1.807, 2.05) is 13.8 Å². The second-order valence-corrected chi connectivity index (χ2v) is 9.71. The number of anilines is 2. The third-order valence-corrected chi connectivity index (χ3v) is 6.82. The summed E-state index contributed by atoms with van der Waals surface area (Å²) in [5.74, 6) is -1.86. The van der Waals surface area contributed by atoms with Gasteiger partial charge in [0.25, 0.3) is 5.91 Å². The first-order valence-electron chi connectivity index (χ1n) is 12.4. The summed E-state index contributed by atoms with van der Waals surface area (Å²) < 4.78 is 16.1. The van der Waals surface area contributed by atoms with Crippen molar-refractivity contribution in [2.45, 2.75) is 45.7 Å². The molecule has 0 bridgehead atoms. The quantitative estimate of drug-likeness (QED) is 0.460. The summed E-state index contributed by atoms with van der Waals surface area (Å²) in [6.07, 6.45) is 3.79. The molecule has 1 aliphatic rings. The van der Waals surface area contributed by atoms with Crippen LogP contribution in [-0.4, -0.2) is 50.6 Å². The average molecular weight is 522 g/mol. The lowest BCUT2D eigenvalue weighted by molar-refractivity contribution is -0.156. The zero-order chi connectivity index (χ0) is 27.7. The number of likely N-dealkylation sites (N-methyl/N-ethyl adjacent to an activating group) is 1. The number of hydrogen-bond donors (Lipinski definition) is 2. The van der Waals surface area contributed by atoms with Crippen LogP contribution in [0.5, 0.6) is 0 Å². The van der Waals surface area contributed by atoms with Crippen molar-refractivity contribution < 1.29 is 18.8 Å². The summed E-state index contributed by atoms with van der Waals surface area (Å²) in [6.45, 7) is 5.43. The number of pyridine rings is 1. The van der Waals surface area contributed by atoms with Crippen LogP contribution < -0.4 is 16.0 Å². The maximum Gasteiger partial charge on any atom is 0.325 e. The maximum absolute atomic E-state index is 14.6. The molecule has 1 aromatic carbocycles. The summed E-state index contributed by atoms with van der Waals surface area (Å²) in [7, 11) is 3.30. The lowest BCUT2D eigenvalue weighted by Crippen LogP contribution is -2.70. The number of hydrogen-bond acceptors (Lipinski definition) is 6. The third-order valence-electron chi connectivity index (χ3n) is 6.82. The molecule has 3 N–H and O–H groups in total. The zero-order valence-corrected chi connectivity index (χ0v) is 22.1. The zero-order valence-electron chi connectivity index (χ0n) is 22.1. The molecule has 1 saturated heterocycles. The van der Waals surface area contributed by atoms with Crippen LogP contribution in [0, 0.1) is 25.6 Å². The van der Waals surface area contributed by atoms with E-state index in [1.54, 1.807) is 56.2 Å². The smallest absolute Gasteiger partial charge is 0.325 e. The number of aromatic nitrogens is 3. The Morgan fingerprint density at radius 2 is 1.97 bits per heavy atom. The second kappa shape index (κ2) is 10.6. The van der Waals surface area contributed by atoms with Crippen LogP contribution in [0.15, 0.2) is 42.7 Å². The van der Waals surface area contributed by atoms with Crippen molar-refractivity contribution >= 4 is 29.4 Å². The number of imide groups is 1. The topological polar surface area (TPSA) is 126 Å². The van der Waals surface area contributed by atoms with Crippen LogP contribution in [0.1, 0.15) is 41.8 Å². The molecule has 200 valence electrons. The van der Waals surface area contributed by atoms with Gasteiger partial charge in [0.1, 0.15) is 17.7 Å². The van der Waals surface area contributed by atoms with Crippen molar-refractivity contribution in [3.05, 3.63) is 70.9 Å². The van der Waals surface area contributed by atoms with Crippen LogP contribution in [0.25, 0.3) is 0 Å². The number of likely N-dealkylation sites (tertiary alicyclic amines) is 1. The fraction of sp³-hybridized carbons (Fsp3) is 0.370. The molecule has 11 heteroatoms. The molecule has 0 spiro atoms. The number of β-lactam (4-membered cyclic amide) rings is 1. The van der Waals surface area contributed by atoms with E-state index in [2.05, 4.69) is 15.4 Å². The fourth-order valence-electron chi connectivity index (χ4n) is 4.85. The predicted molar refractivity (Wildman–Crippen MR) is 141 cm³/mol. The highest BCUT2D eigenvalue weighted by Gasteiger charge is 2.55. The van der Waals surface area contributed by atoms with Gasteiger partial charge in [-0.05, 0) is 50.5 Å². The van der Waals surface area contributed by atoms with Gasteiger partial charge in [-0.25, -0.2) is 14.2 Å². The van der Waals surface area contributed by atoms with Crippen molar-refractivity contribution in [3.8, 4) is 0 Å². The number of carbonyl (C=O) groups excluding carboxylic acids is 3. The molecule has 4 rings (SSSR count). The maximum atomic E-state index is 14.6. The van der Waals surface area contributed by atoms with Gasteiger partial charge in [-0.3, -0.25) is 19.2 Å². The molecule has 3 atom stereocenters. The van der Waals surface area contributed by atoms with Gasteiger partial charge in [-0.1, -0.05) is 24.6 Å². The Morgan fingerprint density at radius 1 is 1.24 bits per heavy atom. The number of nitrogens with zero attached hydrogens (tertiary/aromatic N) is 5. The average Bonchev–Trinajstić information content (AvgIpc) is 3.30. The highest BCUT2D eigenvalue weighted by atomic mass is 19.1. The number of aryl methyl sites for hydroxylation is 3. The van der Waals surface area contributed by atoms with E-state index >= 15 is 0 Å². The number of rotatable bonds is 7. The van der Waals surface area contributed by atoms with E-state index in [0.29, 0.717) is 29.2 Å². The minimum Gasteiger partial charge on any atom is -0.384 e. The number of carbonyl (C=O) groups is 3. The Bertz CT molecular complexity index is 1370. The largest absolute Gasteiger partial charge is 0.384 e. The minimum absolute atomic E-state index is 0.206. The Labute approximate surface area is 220 Å². The molecule has 1 aliphatic heterocycles. The van der Waals surface area contributed by atoms with Crippen molar-refractivity contribution in [2.24, 2.45) is 13.0 Å². The highest BCUT2D eigenvalue weighted by molar-refractivity contribution is 6.12. The summed E-state index contributed by atoms with van der Waals surface area (Å²) in [6, 6.07) is 5.62. The summed E-state index contributed by atoms with van der Waals surface area (Å²) in [5.41, 5.74) is 8.99. The van der Waals surface area contributed by atoms with Gasteiger partial charge in [0.2, 0.25) is 5.91 Å². The van der Waals surface area contributed by atoms with Crippen LogP contribution in [0.4, 0.5) is 20.7 Å². The molecular formula is C27H32FN7O3. The van der Waals surface area contributed by atoms with E-state index in [-0.39, 0.29) is 6.42 Å². The number of amides is 4. The van der Waals surface area contributed by atoms with E-state index < -0.39 is 41.7 Å². The molecule has 0 radical (unpaired) electrons. The molecule has 4 amide bonds. The highest BCUT2D eigenvalue weighted by Crippen LogP contribution is 2.34. The monoisotopic (exact) mass is 521 g/mol. The normalized spacial score (nSPS) is 17.6. The van der Waals surface area contributed by atoms with E-state index in [4.69, 9.17) is 5.73 Å². The van der Waals surface area contributed by atoms with Crippen molar-refractivity contribution in [1.29, 1.82) is 0 Å². The minimum atomic E-state index is -1.07. The molecule has 0 aliphatic carbocycles. The number of nitrogens with one attached hydrogen (secondary N) is 1. The van der Waals surface area contributed by atoms with Crippen LogP contribution in [0.2, 0.25) is 0 Å². The summed E-state index contributed by atoms with van der Waals surface area (Å²) in [4.78, 5) is 46.9. The lowest BCUT2D eigenvalue weighted by atomic mass is 9.81. The molecule has 3 heterocycles. The van der Waals surface area contributed by atoms with Crippen LogP contribution >= 0.6 is 0 Å². The van der Waals surface area contributed by atoms with Crippen molar-refractivity contribution in [3.63, 3.8) is 0 Å². The van der Waals surface area contributed by atoms with Gasteiger partial charge in [0.15, 0.2) is 0 Å². The lowest BCUT2D eigenvalue weighted by Gasteiger charge is -2.46. The van der Waals surface area contributed by atoms with Gasteiger partial charge in [-0.2, -0.15) is 5.10 Å².